The Balaban J connectivity index is 2.84. The summed E-state index contributed by atoms with van der Waals surface area (Å²) in [6.07, 6.45) is 16.2. The molecule has 0 rings (SSSR count). The fourth-order valence-corrected chi connectivity index (χ4v) is 1.72. The molecule has 0 aromatic carbocycles. The van der Waals surface area contributed by atoms with Crippen LogP contribution in [0.1, 0.15) is 77.6 Å². The highest BCUT2D eigenvalue weighted by Gasteiger charge is 1.92. The highest BCUT2D eigenvalue weighted by atomic mass is 14.2. The Morgan fingerprint density at radius 3 is 2.13 bits per heavy atom. The van der Waals surface area contributed by atoms with Crippen LogP contribution in [-0.2, 0) is 0 Å². The fraction of sp³-hybridized carbons (Fsp3) is 0.857. The van der Waals surface area contributed by atoms with Crippen LogP contribution in [0.3, 0.4) is 0 Å². The summed E-state index contributed by atoms with van der Waals surface area (Å²) in [6, 6.07) is 2.18. The second-order valence-corrected chi connectivity index (χ2v) is 4.25. The molecule has 0 fully saturated rings. The summed E-state index contributed by atoms with van der Waals surface area (Å²) in [4.78, 5) is 0. The second kappa shape index (κ2) is 13.5. The van der Waals surface area contributed by atoms with Crippen molar-refractivity contribution in [2.45, 2.75) is 77.6 Å². The van der Waals surface area contributed by atoms with Gasteiger partial charge in [-0.15, -0.1) is 0 Å². The predicted octanol–water partition coefficient (Wildman–Crippen LogP) is 5.03. The first-order valence-corrected chi connectivity index (χ1v) is 6.60. The monoisotopic (exact) mass is 208 g/mol. The van der Waals surface area contributed by atoms with Crippen molar-refractivity contribution >= 4 is 0 Å². The van der Waals surface area contributed by atoms with Gasteiger partial charge in [0, 0.05) is 6.42 Å². The molecule has 15 heavy (non-hydrogen) atoms. The Morgan fingerprint density at radius 2 is 1.47 bits per heavy atom. The first-order valence-electron chi connectivity index (χ1n) is 6.60. The smallest absolute Gasteiger partial charge is 0.0621 e. The lowest BCUT2D eigenvalue weighted by atomic mass is 10.1. The van der Waals surface area contributed by atoms with Crippen LogP contribution in [0.4, 0.5) is 0 Å². The van der Waals surface area contributed by atoms with Gasteiger partial charge in [0.05, 0.1) is 6.07 Å². The highest BCUT2D eigenvalue weighted by Crippen LogP contribution is 2.10. The van der Waals surface area contributed by atoms with Gasteiger partial charge in [0.25, 0.3) is 0 Å². The molecule has 0 aliphatic heterocycles. The number of rotatable bonds is 11. The average Bonchev–Trinajstić information content (AvgIpc) is 2.26. The third-order valence-corrected chi connectivity index (χ3v) is 2.71. The first kappa shape index (κ1) is 14.5. The Morgan fingerprint density at radius 1 is 0.867 bits per heavy atom. The standard InChI is InChI=1S/C14H26N/c1-2-3-4-5-6-7-8-9-10-11-12-13-14-15/h10H,2-9,11-13H2,1H3. The molecule has 0 heterocycles. The van der Waals surface area contributed by atoms with E-state index in [0.717, 1.165) is 12.8 Å². The maximum Gasteiger partial charge on any atom is 0.0621 e. The van der Waals surface area contributed by atoms with Crippen LogP contribution >= 0.6 is 0 Å². The van der Waals surface area contributed by atoms with Gasteiger partial charge in [-0.3, -0.25) is 0 Å². The molecule has 0 aliphatic carbocycles. The van der Waals surface area contributed by atoms with E-state index in [1.807, 2.05) is 0 Å². The Kier molecular flexibility index (Phi) is 13.0. The summed E-state index contributed by atoms with van der Waals surface area (Å²) in [5.74, 6) is 0. The minimum absolute atomic E-state index is 0.716. The molecule has 1 heteroatoms. The molecule has 0 saturated carbocycles. The van der Waals surface area contributed by atoms with E-state index in [4.69, 9.17) is 5.26 Å². The summed E-state index contributed by atoms with van der Waals surface area (Å²) in [5, 5.41) is 8.35. The van der Waals surface area contributed by atoms with Crippen molar-refractivity contribution in [3.8, 4) is 6.07 Å². The molecule has 0 spiro atoms. The van der Waals surface area contributed by atoms with E-state index >= 15 is 0 Å². The molecule has 1 radical (unpaired) electrons. The molecule has 0 aromatic rings. The normalized spacial score (nSPS) is 10.1. The van der Waals surface area contributed by atoms with Crippen molar-refractivity contribution < 1.29 is 0 Å². The summed E-state index contributed by atoms with van der Waals surface area (Å²) in [6.45, 7) is 2.26. The number of unbranched alkanes of at least 4 members (excludes halogenated alkanes) is 11. The summed E-state index contributed by atoms with van der Waals surface area (Å²) >= 11 is 0. The quantitative estimate of drug-likeness (QED) is 0.437. The van der Waals surface area contributed by atoms with Gasteiger partial charge in [0.1, 0.15) is 0 Å². The minimum atomic E-state index is 0.716. The van der Waals surface area contributed by atoms with Crippen molar-refractivity contribution in [2.24, 2.45) is 0 Å². The van der Waals surface area contributed by atoms with Gasteiger partial charge in [-0.1, -0.05) is 58.3 Å². The maximum atomic E-state index is 8.35. The molecule has 87 valence electrons. The van der Waals surface area contributed by atoms with Crippen molar-refractivity contribution in [1.29, 1.82) is 5.26 Å². The van der Waals surface area contributed by atoms with Gasteiger partial charge in [0.2, 0.25) is 0 Å². The Hall–Kier alpha value is -0.510. The van der Waals surface area contributed by atoms with Crippen LogP contribution < -0.4 is 0 Å². The lowest BCUT2D eigenvalue weighted by Crippen LogP contribution is -1.82. The van der Waals surface area contributed by atoms with Crippen molar-refractivity contribution in [2.75, 3.05) is 0 Å². The molecule has 0 atom stereocenters. The molecular weight excluding hydrogens is 182 g/mol. The molecule has 0 N–H and O–H groups in total. The molecule has 0 saturated heterocycles. The molecule has 0 bridgehead atoms. The second-order valence-electron chi connectivity index (χ2n) is 4.25. The Bertz CT molecular complexity index is 146. The van der Waals surface area contributed by atoms with Crippen molar-refractivity contribution in [3.63, 3.8) is 0 Å². The lowest BCUT2D eigenvalue weighted by Gasteiger charge is -2.00. The number of hydrogen-bond donors (Lipinski definition) is 0. The van der Waals surface area contributed by atoms with E-state index in [-0.39, 0.29) is 0 Å². The van der Waals surface area contributed by atoms with Gasteiger partial charge < -0.3 is 0 Å². The van der Waals surface area contributed by atoms with Crippen LogP contribution in [0.25, 0.3) is 0 Å². The molecule has 1 nitrogen and oxygen atoms in total. The van der Waals surface area contributed by atoms with Gasteiger partial charge in [-0.2, -0.15) is 5.26 Å². The van der Waals surface area contributed by atoms with Crippen LogP contribution in [0, 0.1) is 17.8 Å². The van der Waals surface area contributed by atoms with E-state index in [9.17, 15) is 0 Å². The predicted molar refractivity (Wildman–Crippen MR) is 66.4 cm³/mol. The van der Waals surface area contributed by atoms with Crippen LogP contribution in [-0.4, -0.2) is 0 Å². The van der Waals surface area contributed by atoms with E-state index in [1.54, 1.807) is 0 Å². The molecule has 0 aromatic heterocycles. The summed E-state index contributed by atoms with van der Waals surface area (Å²) < 4.78 is 0. The third kappa shape index (κ3) is 13.5. The largest absolute Gasteiger partial charge is 0.198 e. The van der Waals surface area contributed by atoms with Gasteiger partial charge in [-0.05, 0) is 19.3 Å². The fourth-order valence-electron chi connectivity index (χ4n) is 1.72. The topological polar surface area (TPSA) is 23.8 Å². The number of hydrogen-bond acceptors (Lipinski definition) is 1. The zero-order valence-corrected chi connectivity index (χ0v) is 10.3. The average molecular weight is 208 g/mol. The molecule has 0 amide bonds. The van der Waals surface area contributed by atoms with Crippen LogP contribution in [0.15, 0.2) is 0 Å². The van der Waals surface area contributed by atoms with E-state index in [2.05, 4.69) is 19.4 Å². The van der Waals surface area contributed by atoms with Gasteiger partial charge in [-0.25, -0.2) is 0 Å². The van der Waals surface area contributed by atoms with Crippen LogP contribution in [0.2, 0.25) is 0 Å². The molecular formula is C14H26N. The zero-order chi connectivity index (χ0) is 11.2. The maximum absolute atomic E-state index is 8.35. The highest BCUT2D eigenvalue weighted by molar-refractivity contribution is 4.72. The zero-order valence-electron chi connectivity index (χ0n) is 10.3. The summed E-state index contributed by atoms with van der Waals surface area (Å²) in [5.41, 5.74) is 0. The molecule has 0 aliphatic rings. The van der Waals surface area contributed by atoms with Gasteiger partial charge >= 0.3 is 0 Å². The Labute approximate surface area is 95.9 Å². The van der Waals surface area contributed by atoms with Crippen LogP contribution in [0.5, 0.6) is 0 Å². The van der Waals surface area contributed by atoms with E-state index in [1.165, 1.54) is 51.4 Å². The van der Waals surface area contributed by atoms with E-state index < -0.39 is 0 Å². The van der Waals surface area contributed by atoms with E-state index in [0.29, 0.717) is 6.42 Å². The molecule has 0 unspecified atom stereocenters. The lowest BCUT2D eigenvalue weighted by molar-refractivity contribution is 0.583. The number of nitriles is 1. The summed E-state index contributed by atoms with van der Waals surface area (Å²) in [7, 11) is 0. The SMILES string of the molecule is CCCCCCCCC[CH]CCCC#N. The van der Waals surface area contributed by atoms with Gasteiger partial charge in [0.15, 0.2) is 0 Å². The van der Waals surface area contributed by atoms with Crippen molar-refractivity contribution in [3.05, 3.63) is 6.42 Å². The minimum Gasteiger partial charge on any atom is -0.198 e. The third-order valence-electron chi connectivity index (χ3n) is 2.71. The first-order chi connectivity index (χ1) is 7.41. The van der Waals surface area contributed by atoms with Crippen molar-refractivity contribution in [1.82, 2.24) is 0 Å². The number of nitrogens with zero attached hydrogens (tertiary/aromatic N) is 1.